The van der Waals surface area contributed by atoms with E-state index in [4.69, 9.17) is 21.1 Å². The summed E-state index contributed by atoms with van der Waals surface area (Å²) in [5, 5.41) is 0. The standard InChI is InChI=1S/C12H19BrClNO4S2/c1-18-6-3-4-15(5-7-19-2)21(16,17)11-8-10(9-14)20-12(11)13/h8H,3-7,9H2,1-2H3. The largest absolute Gasteiger partial charge is 0.385 e. The second-order valence-corrected chi connectivity index (χ2v) is 8.86. The van der Waals surface area contributed by atoms with Crippen molar-refractivity contribution < 1.29 is 17.9 Å². The van der Waals surface area contributed by atoms with Crippen LogP contribution in [-0.2, 0) is 25.4 Å². The van der Waals surface area contributed by atoms with Crippen molar-refractivity contribution in [3.8, 4) is 0 Å². The first-order valence-electron chi connectivity index (χ1n) is 6.29. The summed E-state index contributed by atoms with van der Waals surface area (Å²) in [6.07, 6.45) is 0.629. The molecule has 9 heteroatoms. The molecule has 0 unspecified atom stereocenters. The van der Waals surface area contributed by atoms with Crippen LogP contribution in [0, 0.1) is 0 Å². The van der Waals surface area contributed by atoms with Crippen molar-refractivity contribution >= 4 is 48.9 Å². The smallest absolute Gasteiger partial charge is 0.245 e. The van der Waals surface area contributed by atoms with Gasteiger partial charge < -0.3 is 9.47 Å². The molecule has 21 heavy (non-hydrogen) atoms. The lowest BCUT2D eigenvalue weighted by Crippen LogP contribution is -2.35. The summed E-state index contributed by atoms with van der Waals surface area (Å²) in [5.41, 5.74) is 0. The summed E-state index contributed by atoms with van der Waals surface area (Å²) >= 11 is 10.4. The predicted octanol–water partition coefficient (Wildman–Crippen LogP) is 2.92. The minimum atomic E-state index is -3.57. The average Bonchev–Trinajstić information content (AvgIpc) is 2.84. The summed E-state index contributed by atoms with van der Waals surface area (Å²) < 4.78 is 37.5. The van der Waals surface area contributed by atoms with Gasteiger partial charge in [-0.25, -0.2) is 8.42 Å². The van der Waals surface area contributed by atoms with E-state index in [0.29, 0.717) is 42.4 Å². The van der Waals surface area contributed by atoms with Crippen molar-refractivity contribution in [2.24, 2.45) is 0 Å². The zero-order chi connectivity index (χ0) is 15.9. The first-order chi connectivity index (χ1) is 9.97. The highest BCUT2D eigenvalue weighted by Crippen LogP contribution is 2.34. The molecule has 0 aromatic carbocycles. The number of sulfonamides is 1. The van der Waals surface area contributed by atoms with Gasteiger partial charge in [0.2, 0.25) is 10.0 Å². The molecular weight excluding hydrogens is 402 g/mol. The Morgan fingerprint density at radius 2 is 1.95 bits per heavy atom. The SMILES string of the molecule is COCCCN(CCOC)S(=O)(=O)c1cc(CCl)sc1Br. The summed E-state index contributed by atoms with van der Waals surface area (Å²) in [5.74, 6) is 0.292. The van der Waals surface area contributed by atoms with Gasteiger partial charge in [0.05, 0.1) is 16.3 Å². The van der Waals surface area contributed by atoms with E-state index in [1.165, 1.54) is 15.6 Å². The van der Waals surface area contributed by atoms with Gasteiger partial charge in [0.1, 0.15) is 4.90 Å². The zero-order valence-electron chi connectivity index (χ0n) is 12.0. The number of rotatable bonds is 10. The van der Waals surface area contributed by atoms with Crippen molar-refractivity contribution in [2.45, 2.75) is 17.2 Å². The first-order valence-corrected chi connectivity index (χ1v) is 9.88. The molecule has 0 saturated carbocycles. The Morgan fingerprint density at radius 3 is 2.48 bits per heavy atom. The normalized spacial score (nSPS) is 12.2. The summed E-state index contributed by atoms with van der Waals surface area (Å²) in [4.78, 5) is 1.07. The molecule has 0 atom stereocenters. The molecular formula is C12H19BrClNO4S2. The molecule has 0 bridgehead atoms. The molecule has 0 aliphatic rings. The van der Waals surface area contributed by atoms with Crippen LogP contribution >= 0.6 is 38.9 Å². The Hall–Kier alpha value is 0.300. The van der Waals surface area contributed by atoms with Gasteiger partial charge in [-0.15, -0.1) is 22.9 Å². The Kier molecular flexibility index (Phi) is 8.70. The minimum absolute atomic E-state index is 0.261. The van der Waals surface area contributed by atoms with Crippen LogP contribution in [0.3, 0.4) is 0 Å². The second kappa shape index (κ2) is 9.44. The topological polar surface area (TPSA) is 55.8 Å². The number of methoxy groups -OCH3 is 2. The van der Waals surface area contributed by atoms with E-state index in [1.54, 1.807) is 20.3 Å². The predicted molar refractivity (Wildman–Crippen MR) is 88.7 cm³/mol. The quantitative estimate of drug-likeness (QED) is 0.431. The van der Waals surface area contributed by atoms with E-state index < -0.39 is 10.0 Å². The van der Waals surface area contributed by atoms with Gasteiger partial charge in [0.25, 0.3) is 0 Å². The van der Waals surface area contributed by atoms with Crippen LogP contribution in [0.2, 0.25) is 0 Å². The summed E-state index contributed by atoms with van der Waals surface area (Å²) in [6, 6.07) is 1.62. The van der Waals surface area contributed by atoms with Gasteiger partial charge in [-0.05, 0) is 28.4 Å². The van der Waals surface area contributed by atoms with Crippen molar-refractivity contribution in [1.82, 2.24) is 4.31 Å². The van der Waals surface area contributed by atoms with Crippen molar-refractivity contribution in [2.75, 3.05) is 40.5 Å². The fourth-order valence-electron chi connectivity index (χ4n) is 1.71. The van der Waals surface area contributed by atoms with Gasteiger partial charge in [0, 0.05) is 38.8 Å². The highest BCUT2D eigenvalue weighted by molar-refractivity contribution is 9.11. The van der Waals surface area contributed by atoms with Crippen molar-refractivity contribution in [1.29, 1.82) is 0 Å². The lowest BCUT2D eigenvalue weighted by Gasteiger charge is -2.21. The lowest BCUT2D eigenvalue weighted by molar-refractivity contribution is 0.164. The van der Waals surface area contributed by atoms with Crippen LogP contribution in [0.1, 0.15) is 11.3 Å². The third-order valence-electron chi connectivity index (χ3n) is 2.76. The van der Waals surface area contributed by atoms with E-state index in [1.807, 2.05) is 0 Å². The van der Waals surface area contributed by atoms with E-state index in [9.17, 15) is 8.42 Å². The van der Waals surface area contributed by atoms with Crippen LogP contribution in [0.25, 0.3) is 0 Å². The molecule has 1 heterocycles. The molecule has 0 fully saturated rings. The molecule has 0 N–H and O–H groups in total. The molecule has 122 valence electrons. The number of nitrogens with zero attached hydrogens (tertiary/aromatic N) is 1. The monoisotopic (exact) mass is 419 g/mol. The maximum absolute atomic E-state index is 12.7. The third-order valence-corrected chi connectivity index (χ3v) is 7.35. The molecule has 0 aliphatic carbocycles. The Labute approximate surface area is 143 Å². The lowest BCUT2D eigenvalue weighted by atomic mass is 10.4. The van der Waals surface area contributed by atoms with Crippen LogP contribution in [0.5, 0.6) is 0 Å². The number of hydrogen-bond donors (Lipinski definition) is 0. The molecule has 1 aromatic heterocycles. The van der Waals surface area contributed by atoms with Crippen molar-refractivity contribution in [3.63, 3.8) is 0 Å². The summed E-state index contributed by atoms with van der Waals surface area (Å²) in [6.45, 7) is 1.55. The molecule has 0 saturated heterocycles. The maximum atomic E-state index is 12.7. The van der Waals surface area contributed by atoms with E-state index in [0.717, 1.165) is 4.88 Å². The number of alkyl halides is 1. The zero-order valence-corrected chi connectivity index (χ0v) is 15.9. The Balaban J connectivity index is 2.98. The Morgan fingerprint density at radius 1 is 1.29 bits per heavy atom. The van der Waals surface area contributed by atoms with Crippen LogP contribution < -0.4 is 0 Å². The van der Waals surface area contributed by atoms with E-state index >= 15 is 0 Å². The third kappa shape index (κ3) is 5.46. The fourth-order valence-corrected chi connectivity index (χ4v) is 5.89. The van der Waals surface area contributed by atoms with Gasteiger partial charge in [-0.2, -0.15) is 4.31 Å². The fraction of sp³-hybridized carbons (Fsp3) is 0.667. The summed E-state index contributed by atoms with van der Waals surface area (Å²) in [7, 11) is -0.430. The van der Waals surface area contributed by atoms with Crippen molar-refractivity contribution in [3.05, 3.63) is 14.7 Å². The molecule has 0 aliphatic heterocycles. The van der Waals surface area contributed by atoms with Gasteiger partial charge in [0.15, 0.2) is 0 Å². The highest BCUT2D eigenvalue weighted by atomic mass is 79.9. The van der Waals surface area contributed by atoms with Crippen LogP contribution in [0.4, 0.5) is 0 Å². The number of halogens is 2. The molecule has 1 aromatic rings. The number of ether oxygens (including phenoxy) is 2. The molecule has 0 spiro atoms. The molecule has 0 amide bonds. The van der Waals surface area contributed by atoms with E-state index in [-0.39, 0.29) is 4.90 Å². The molecule has 1 rings (SSSR count). The van der Waals surface area contributed by atoms with E-state index in [2.05, 4.69) is 15.9 Å². The van der Waals surface area contributed by atoms with Crippen LogP contribution in [0.15, 0.2) is 14.7 Å². The first kappa shape index (κ1) is 19.3. The van der Waals surface area contributed by atoms with Gasteiger partial charge in [-0.1, -0.05) is 0 Å². The number of thiophene rings is 1. The minimum Gasteiger partial charge on any atom is -0.385 e. The highest BCUT2D eigenvalue weighted by Gasteiger charge is 2.27. The number of hydrogen-bond acceptors (Lipinski definition) is 5. The maximum Gasteiger partial charge on any atom is 0.245 e. The van der Waals surface area contributed by atoms with Gasteiger partial charge >= 0.3 is 0 Å². The van der Waals surface area contributed by atoms with Crippen LogP contribution in [-0.4, -0.2) is 53.2 Å². The molecule has 0 radical (unpaired) electrons. The average molecular weight is 421 g/mol. The molecule has 5 nitrogen and oxygen atoms in total. The second-order valence-electron chi connectivity index (χ2n) is 4.23. The Bertz CT molecular complexity index is 535. The van der Waals surface area contributed by atoms with Gasteiger partial charge in [-0.3, -0.25) is 0 Å².